The quantitative estimate of drug-likeness (QED) is 0.678. The first kappa shape index (κ1) is 14.2. The number of carbonyl (C=O) groups is 1. The third kappa shape index (κ3) is 3.89. The lowest BCUT2D eigenvalue weighted by atomic mass is 10.2. The molecule has 1 aromatic carbocycles. The van der Waals surface area contributed by atoms with Crippen LogP contribution in [-0.2, 0) is 11.3 Å². The van der Waals surface area contributed by atoms with Crippen molar-refractivity contribution in [3.05, 3.63) is 39.8 Å². The lowest BCUT2D eigenvalue weighted by Crippen LogP contribution is -2.11. The lowest BCUT2D eigenvalue weighted by molar-refractivity contribution is -0.136. The second kappa shape index (κ2) is 6.31. The number of carboxylic acid groups (broad SMARTS) is 1. The Morgan fingerprint density at radius 2 is 2.21 bits per heavy atom. The summed E-state index contributed by atoms with van der Waals surface area (Å²) in [6.45, 7) is 2.25. The van der Waals surface area contributed by atoms with E-state index in [0.29, 0.717) is 14.8 Å². The maximum atomic E-state index is 10.8. The van der Waals surface area contributed by atoms with Crippen LogP contribution in [0.2, 0.25) is 0 Å². The summed E-state index contributed by atoms with van der Waals surface area (Å²) in [5.41, 5.74) is 1.12. The average Bonchev–Trinajstić information content (AvgIpc) is 2.71. The van der Waals surface area contributed by atoms with Crippen LogP contribution in [0.3, 0.4) is 0 Å². The van der Waals surface area contributed by atoms with E-state index in [2.05, 4.69) is 5.10 Å². The SMILES string of the molecule is CC(Sc1nn(Cc2ccccc2)c(=S)s1)C(=O)O. The van der Waals surface area contributed by atoms with E-state index in [4.69, 9.17) is 17.3 Å². The molecule has 0 amide bonds. The van der Waals surface area contributed by atoms with Crippen LogP contribution in [-0.4, -0.2) is 26.1 Å². The molecule has 0 aliphatic rings. The third-order valence-electron chi connectivity index (χ3n) is 2.39. The third-order valence-corrected chi connectivity index (χ3v) is 4.87. The fourth-order valence-corrected chi connectivity index (χ4v) is 3.80. The molecule has 0 bridgehead atoms. The summed E-state index contributed by atoms with van der Waals surface area (Å²) in [6.07, 6.45) is 0. The fourth-order valence-electron chi connectivity index (χ4n) is 1.39. The number of hydrogen-bond acceptors (Lipinski definition) is 5. The molecule has 1 N–H and O–H groups in total. The van der Waals surface area contributed by atoms with Gasteiger partial charge in [0, 0.05) is 0 Å². The van der Waals surface area contributed by atoms with Gasteiger partial charge in [-0.15, -0.1) is 0 Å². The minimum absolute atomic E-state index is 0.522. The van der Waals surface area contributed by atoms with E-state index in [1.54, 1.807) is 11.6 Å². The van der Waals surface area contributed by atoms with Crippen molar-refractivity contribution in [3.63, 3.8) is 0 Å². The van der Waals surface area contributed by atoms with Gasteiger partial charge in [0.1, 0.15) is 5.25 Å². The summed E-state index contributed by atoms with van der Waals surface area (Å²) < 4.78 is 3.08. The van der Waals surface area contributed by atoms with E-state index in [1.807, 2.05) is 30.3 Å². The Kier molecular flexibility index (Phi) is 4.73. The van der Waals surface area contributed by atoms with Gasteiger partial charge in [-0.2, -0.15) is 5.10 Å². The van der Waals surface area contributed by atoms with Crippen LogP contribution in [0.5, 0.6) is 0 Å². The smallest absolute Gasteiger partial charge is 0.316 e. The number of carboxylic acids is 1. The van der Waals surface area contributed by atoms with Crippen LogP contribution in [0.25, 0.3) is 0 Å². The van der Waals surface area contributed by atoms with Crippen LogP contribution in [0, 0.1) is 3.95 Å². The molecule has 4 nitrogen and oxygen atoms in total. The molecular formula is C12H12N2O2S3. The zero-order chi connectivity index (χ0) is 13.8. The van der Waals surface area contributed by atoms with Crippen molar-refractivity contribution in [1.82, 2.24) is 9.78 Å². The maximum absolute atomic E-state index is 10.8. The Hall–Kier alpha value is -1.18. The summed E-state index contributed by atoms with van der Waals surface area (Å²) >= 11 is 7.81. The number of hydrogen-bond donors (Lipinski definition) is 1. The Balaban J connectivity index is 2.13. The Morgan fingerprint density at radius 1 is 1.53 bits per heavy atom. The van der Waals surface area contributed by atoms with Gasteiger partial charge < -0.3 is 5.11 Å². The minimum Gasteiger partial charge on any atom is -0.480 e. The second-order valence-electron chi connectivity index (χ2n) is 3.88. The van der Waals surface area contributed by atoms with Gasteiger partial charge in [-0.1, -0.05) is 53.4 Å². The maximum Gasteiger partial charge on any atom is 0.316 e. The topological polar surface area (TPSA) is 55.1 Å². The van der Waals surface area contributed by atoms with Crippen LogP contribution in [0.15, 0.2) is 34.7 Å². The first-order chi connectivity index (χ1) is 9.06. The van der Waals surface area contributed by atoms with Crippen LogP contribution in [0.1, 0.15) is 12.5 Å². The molecule has 1 atom stereocenters. The standard InChI is InChI=1S/C12H12N2O2S3/c1-8(10(15)16)18-11-13-14(12(17)19-11)7-9-5-3-2-4-6-9/h2-6,8H,7H2,1H3,(H,15,16). The van der Waals surface area contributed by atoms with E-state index < -0.39 is 11.2 Å². The molecule has 0 saturated heterocycles. The predicted octanol–water partition coefficient (Wildman–Crippen LogP) is 3.29. The second-order valence-corrected chi connectivity index (χ2v) is 7.09. The largest absolute Gasteiger partial charge is 0.480 e. The van der Waals surface area contributed by atoms with Crippen molar-refractivity contribution in [2.45, 2.75) is 23.1 Å². The average molecular weight is 312 g/mol. The Morgan fingerprint density at radius 3 is 2.84 bits per heavy atom. The molecule has 100 valence electrons. The molecule has 1 heterocycles. The molecule has 0 radical (unpaired) electrons. The normalized spacial score (nSPS) is 12.3. The first-order valence-electron chi connectivity index (χ1n) is 5.57. The zero-order valence-electron chi connectivity index (χ0n) is 10.1. The van der Waals surface area contributed by atoms with Crippen molar-refractivity contribution < 1.29 is 9.90 Å². The highest BCUT2D eigenvalue weighted by molar-refractivity contribution is 8.02. The number of benzene rings is 1. The summed E-state index contributed by atoms with van der Waals surface area (Å²) in [5.74, 6) is -0.847. The van der Waals surface area contributed by atoms with Gasteiger partial charge in [-0.05, 0) is 24.7 Å². The fraction of sp³-hybridized carbons (Fsp3) is 0.250. The summed E-state index contributed by atoms with van der Waals surface area (Å²) in [6, 6.07) is 9.90. The number of nitrogens with zero attached hydrogens (tertiary/aromatic N) is 2. The number of aromatic nitrogens is 2. The predicted molar refractivity (Wildman–Crippen MR) is 79.4 cm³/mol. The number of thioether (sulfide) groups is 1. The Labute approximate surface area is 124 Å². The van der Waals surface area contributed by atoms with E-state index in [0.717, 1.165) is 5.56 Å². The molecule has 0 spiro atoms. The monoisotopic (exact) mass is 312 g/mol. The molecular weight excluding hydrogens is 300 g/mol. The number of rotatable bonds is 5. The summed E-state index contributed by atoms with van der Waals surface area (Å²) in [4.78, 5) is 10.8. The highest BCUT2D eigenvalue weighted by Crippen LogP contribution is 2.26. The minimum atomic E-state index is -0.847. The molecule has 2 aromatic rings. The van der Waals surface area contributed by atoms with E-state index in [-0.39, 0.29) is 0 Å². The van der Waals surface area contributed by atoms with Gasteiger partial charge in [0.25, 0.3) is 0 Å². The molecule has 1 aromatic heterocycles. The van der Waals surface area contributed by atoms with Gasteiger partial charge in [0.05, 0.1) is 6.54 Å². The molecule has 7 heteroatoms. The van der Waals surface area contributed by atoms with Crippen molar-refractivity contribution in [2.24, 2.45) is 0 Å². The summed E-state index contributed by atoms with van der Waals surface area (Å²) in [7, 11) is 0. The van der Waals surface area contributed by atoms with Crippen molar-refractivity contribution in [2.75, 3.05) is 0 Å². The highest BCUT2D eigenvalue weighted by atomic mass is 32.2. The van der Waals surface area contributed by atoms with Crippen LogP contribution in [0.4, 0.5) is 0 Å². The van der Waals surface area contributed by atoms with Gasteiger partial charge in [0.15, 0.2) is 8.29 Å². The van der Waals surface area contributed by atoms with E-state index in [9.17, 15) is 4.79 Å². The van der Waals surface area contributed by atoms with Crippen molar-refractivity contribution >= 4 is 41.3 Å². The van der Waals surface area contributed by atoms with Gasteiger partial charge in [-0.3, -0.25) is 4.79 Å². The molecule has 0 fully saturated rings. The van der Waals surface area contributed by atoms with Gasteiger partial charge in [-0.25, -0.2) is 4.68 Å². The number of aliphatic carboxylic acids is 1. The van der Waals surface area contributed by atoms with Crippen LogP contribution >= 0.6 is 35.3 Å². The Bertz CT molecular complexity index is 621. The molecule has 0 aliphatic carbocycles. The van der Waals surface area contributed by atoms with E-state index >= 15 is 0 Å². The highest BCUT2D eigenvalue weighted by Gasteiger charge is 2.15. The zero-order valence-corrected chi connectivity index (χ0v) is 12.6. The van der Waals surface area contributed by atoms with Gasteiger partial charge in [0.2, 0.25) is 0 Å². The van der Waals surface area contributed by atoms with Gasteiger partial charge >= 0.3 is 5.97 Å². The molecule has 0 aliphatic heterocycles. The molecule has 1 unspecified atom stereocenters. The van der Waals surface area contributed by atoms with E-state index in [1.165, 1.54) is 23.1 Å². The molecule has 19 heavy (non-hydrogen) atoms. The molecule has 0 saturated carbocycles. The summed E-state index contributed by atoms with van der Waals surface area (Å²) in [5, 5.41) is 12.7. The first-order valence-corrected chi connectivity index (χ1v) is 7.68. The van der Waals surface area contributed by atoms with Crippen molar-refractivity contribution in [1.29, 1.82) is 0 Å². The molecule has 2 rings (SSSR count). The van der Waals surface area contributed by atoms with Crippen LogP contribution < -0.4 is 0 Å². The van der Waals surface area contributed by atoms with Crippen molar-refractivity contribution in [3.8, 4) is 0 Å². The lowest BCUT2D eigenvalue weighted by Gasteiger charge is -2.02.